The molecule has 0 atom stereocenters. The van der Waals surface area contributed by atoms with E-state index in [1.54, 1.807) is 12.1 Å². The molecule has 1 aromatic carbocycles. The molecular weight excluding hydrogens is 218 g/mol. The molecule has 0 saturated carbocycles. The van der Waals surface area contributed by atoms with Gasteiger partial charge >= 0.3 is 6.03 Å². The van der Waals surface area contributed by atoms with Crippen LogP contribution in [-0.4, -0.2) is 24.0 Å². The van der Waals surface area contributed by atoms with E-state index < -0.39 is 11.9 Å². The number of primary amides is 1. The first kappa shape index (κ1) is 11.5. The van der Waals surface area contributed by atoms with Crippen molar-refractivity contribution < 1.29 is 9.59 Å². The minimum Gasteiger partial charge on any atom is -0.350 e. The van der Waals surface area contributed by atoms with Crippen molar-refractivity contribution >= 4 is 23.5 Å². The van der Waals surface area contributed by atoms with Gasteiger partial charge in [-0.25, -0.2) is 10.2 Å². The van der Waals surface area contributed by atoms with Crippen molar-refractivity contribution in [1.29, 1.82) is 0 Å². The van der Waals surface area contributed by atoms with Crippen LogP contribution >= 0.6 is 11.6 Å². The van der Waals surface area contributed by atoms with Crippen molar-refractivity contribution in [2.24, 2.45) is 5.73 Å². The van der Waals surface area contributed by atoms with Crippen molar-refractivity contribution in [2.75, 3.05) is 7.05 Å². The monoisotopic (exact) mass is 227 g/mol. The number of carbonyl (C=O) groups is 2. The lowest BCUT2D eigenvalue weighted by Gasteiger charge is -2.16. The van der Waals surface area contributed by atoms with E-state index in [1.807, 2.05) is 0 Å². The molecule has 0 bridgehead atoms. The number of nitrogens with one attached hydrogen (secondary N) is 1. The Hall–Kier alpha value is -1.59. The number of benzene rings is 1. The number of hydrazine groups is 1. The van der Waals surface area contributed by atoms with E-state index in [-0.39, 0.29) is 0 Å². The van der Waals surface area contributed by atoms with Gasteiger partial charge in [0.05, 0.1) is 0 Å². The molecule has 0 aliphatic rings. The van der Waals surface area contributed by atoms with Crippen LogP contribution in [0, 0.1) is 0 Å². The van der Waals surface area contributed by atoms with Crippen LogP contribution in [-0.2, 0) is 0 Å². The Morgan fingerprint density at radius 1 is 1.33 bits per heavy atom. The molecular formula is C9H10ClN3O2. The lowest BCUT2D eigenvalue weighted by atomic mass is 10.2. The molecule has 1 aromatic rings. The maximum atomic E-state index is 11.6. The number of nitrogens with zero attached hydrogens (tertiary/aromatic N) is 1. The third-order valence-corrected chi connectivity index (χ3v) is 1.99. The summed E-state index contributed by atoms with van der Waals surface area (Å²) in [6.07, 6.45) is 0. The summed E-state index contributed by atoms with van der Waals surface area (Å²) in [6.45, 7) is 0. The number of halogens is 1. The Labute approximate surface area is 91.8 Å². The Morgan fingerprint density at radius 2 is 1.87 bits per heavy atom. The normalized spacial score (nSPS) is 9.73. The fourth-order valence-electron chi connectivity index (χ4n) is 1.03. The molecule has 0 aromatic heterocycles. The molecule has 0 spiro atoms. The van der Waals surface area contributed by atoms with Gasteiger partial charge in [0.15, 0.2) is 0 Å². The summed E-state index contributed by atoms with van der Waals surface area (Å²) in [6, 6.07) is 5.28. The highest BCUT2D eigenvalue weighted by atomic mass is 35.5. The van der Waals surface area contributed by atoms with E-state index >= 15 is 0 Å². The van der Waals surface area contributed by atoms with Crippen LogP contribution in [0.5, 0.6) is 0 Å². The van der Waals surface area contributed by atoms with Crippen LogP contribution in [0.3, 0.4) is 0 Å². The van der Waals surface area contributed by atoms with Gasteiger partial charge in [-0.05, 0) is 24.3 Å². The molecule has 0 fully saturated rings. The first-order chi connectivity index (χ1) is 7.06. The molecule has 1 rings (SSSR count). The largest absolute Gasteiger partial charge is 0.350 e. The van der Waals surface area contributed by atoms with E-state index in [9.17, 15) is 9.59 Å². The molecule has 0 radical (unpaired) electrons. The van der Waals surface area contributed by atoms with E-state index in [1.165, 1.54) is 19.2 Å². The van der Waals surface area contributed by atoms with Gasteiger partial charge in [0.2, 0.25) is 0 Å². The minimum atomic E-state index is -0.863. The molecule has 5 nitrogen and oxygen atoms in total. The summed E-state index contributed by atoms with van der Waals surface area (Å²) in [5.74, 6) is -0.526. The third kappa shape index (κ3) is 2.68. The Kier molecular flexibility index (Phi) is 3.65. The summed E-state index contributed by atoms with van der Waals surface area (Å²) < 4.78 is 0. The van der Waals surface area contributed by atoms with Crippen LogP contribution in [0.15, 0.2) is 24.3 Å². The second-order valence-corrected chi connectivity index (χ2v) is 3.15. The topological polar surface area (TPSA) is 75.4 Å². The van der Waals surface area contributed by atoms with Crippen LogP contribution in [0.2, 0.25) is 5.02 Å². The predicted molar refractivity (Wildman–Crippen MR) is 56.3 cm³/mol. The standard InChI is InChI=1S/C9H10ClN3O2/c1-12-13(9(11)15)8(14)6-2-4-7(10)5-3-6/h2-5,12H,1H3,(H2,11,15). The molecule has 3 N–H and O–H groups in total. The molecule has 0 saturated heterocycles. The fourth-order valence-corrected chi connectivity index (χ4v) is 1.16. The van der Waals surface area contributed by atoms with Gasteiger partial charge in [-0.1, -0.05) is 11.6 Å². The van der Waals surface area contributed by atoms with E-state index in [0.717, 1.165) is 0 Å². The number of nitrogens with two attached hydrogens (primary N) is 1. The van der Waals surface area contributed by atoms with Crippen LogP contribution in [0.25, 0.3) is 0 Å². The lowest BCUT2D eigenvalue weighted by molar-refractivity contribution is 0.0754. The number of carbonyl (C=O) groups excluding carboxylic acids is 2. The number of amides is 3. The van der Waals surface area contributed by atoms with E-state index in [0.29, 0.717) is 15.6 Å². The molecule has 80 valence electrons. The van der Waals surface area contributed by atoms with Gasteiger partial charge in [0.25, 0.3) is 5.91 Å². The quantitative estimate of drug-likeness (QED) is 0.740. The average Bonchev–Trinajstić information content (AvgIpc) is 2.19. The van der Waals surface area contributed by atoms with Gasteiger partial charge in [-0.2, -0.15) is 5.01 Å². The molecule has 0 unspecified atom stereocenters. The maximum Gasteiger partial charge on any atom is 0.336 e. The van der Waals surface area contributed by atoms with Gasteiger partial charge in [-0.15, -0.1) is 0 Å². The van der Waals surface area contributed by atoms with Gasteiger partial charge < -0.3 is 5.73 Å². The summed E-state index contributed by atoms with van der Waals surface area (Å²) in [5.41, 5.74) is 7.71. The number of urea groups is 1. The van der Waals surface area contributed by atoms with Crippen molar-refractivity contribution in [3.05, 3.63) is 34.9 Å². The molecule has 15 heavy (non-hydrogen) atoms. The zero-order chi connectivity index (χ0) is 11.4. The first-order valence-corrected chi connectivity index (χ1v) is 4.51. The molecule has 3 amide bonds. The first-order valence-electron chi connectivity index (χ1n) is 4.13. The lowest BCUT2D eigenvalue weighted by Crippen LogP contribution is -2.48. The second-order valence-electron chi connectivity index (χ2n) is 2.71. The van der Waals surface area contributed by atoms with Crippen molar-refractivity contribution in [3.63, 3.8) is 0 Å². The number of rotatable bonds is 2. The number of imide groups is 1. The Balaban J connectivity index is 2.93. The maximum absolute atomic E-state index is 11.6. The molecule has 6 heteroatoms. The highest BCUT2D eigenvalue weighted by molar-refractivity contribution is 6.30. The van der Waals surface area contributed by atoms with Gasteiger partial charge in [-0.3, -0.25) is 4.79 Å². The van der Waals surface area contributed by atoms with Crippen molar-refractivity contribution in [3.8, 4) is 0 Å². The summed E-state index contributed by atoms with van der Waals surface area (Å²) in [4.78, 5) is 22.5. The van der Waals surface area contributed by atoms with E-state index in [4.69, 9.17) is 17.3 Å². The van der Waals surface area contributed by atoms with Crippen LogP contribution < -0.4 is 11.2 Å². The highest BCUT2D eigenvalue weighted by Gasteiger charge is 2.18. The van der Waals surface area contributed by atoms with E-state index in [2.05, 4.69) is 5.43 Å². The van der Waals surface area contributed by atoms with Crippen molar-refractivity contribution in [1.82, 2.24) is 10.4 Å². The van der Waals surface area contributed by atoms with Crippen LogP contribution in [0.1, 0.15) is 10.4 Å². The zero-order valence-electron chi connectivity index (χ0n) is 8.03. The highest BCUT2D eigenvalue weighted by Crippen LogP contribution is 2.10. The zero-order valence-corrected chi connectivity index (χ0v) is 8.78. The average molecular weight is 228 g/mol. The Bertz CT molecular complexity index is 377. The third-order valence-electron chi connectivity index (χ3n) is 1.74. The molecule has 0 heterocycles. The minimum absolute atomic E-state index is 0.326. The SMILES string of the molecule is CNN(C(N)=O)C(=O)c1ccc(Cl)cc1. The molecule has 0 aliphatic carbocycles. The fraction of sp³-hybridized carbons (Fsp3) is 0.111. The molecule has 0 aliphatic heterocycles. The van der Waals surface area contributed by atoms with Crippen LogP contribution in [0.4, 0.5) is 4.79 Å². The summed E-state index contributed by atoms with van der Waals surface area (Å²) in [7, 11) is 1.43. The van der Waals surface area contributed by atoms with Crippen molar-refractivity contribution in [2.45, 2.75) is 0 Å². The number of hydrogen-bond donors (Lipinski definition) is 2. The second kappa shape index (κ2) is 4.77. The summed E-state index contributed by atoms with van der Waals surface area (Å²) in [5, 5.41) is 1.23. The summed E-state index contributed by atoms with van der Waals surface area (Å²) >= 11 is 5.66. The van der Waals surface area contributed by atoms with Gasteiger partial charge in [0.1, 0.15) is 0 Å². The predicted octanol–water partition coefficient (Wildman–Crippen LogP) is 0.995. The van der Waals surface area contributed by atoms with Gasteiger partial charge in [0, 0.05) is 17.6 Å². The smallest absolute Gasteiger partial charge is 0.336 e. The number of hydrogen-bond acceptors (Lipinski definition) is 3. The Morgan fingerprint density at radius 3 is 2.27 bits per heavy atom.